The summed E-state index contributed by atoms with van der Waals surface area (Å²) in [5.41, 5.74) is 1.73. The fourth-order valence-electron chi connectivity index (χ4n) is 1.68. The number of rotatable bonds is 6. The highest BCUT2D eigenvalue weighted by Crippen LogP contribution is 2.09. The van der Waals surface area contributed by atoms with Gasteiger partial charge in [-0.3, -0.25) is 9.59 Å². The highest BCUT2D eigenvalue weighted by molar-refractivity contribution is 6.31. The first-order chi connectivity index (χ1) is 11.4. The third kappa shape index (κ3) is 5.24. The first kappa shape index (κ1) is 17.2. The minimum Gasteiger partial charge on any atom is -0.383 e. The van der Waals surface area contributed by atoms with Gasteiger partial charge in [0.25, 0.3) is 11.8 Å². The average Bonchev–Trinajstić information content (AvgIpc) is 2.94. The van der Waals surface area contributed by atoms with Crippen LogP contribution < -0.4 is 10.6 Å². The average molecular weight is 330 g/mol. The van der Waals surface area contributed by atoms with Gasteiger partial charge in [0.05, 0.1) is 0 Å². The number of oxime groups is 1. The molecule has 1 aromatic carbocycles. The Labute approximate surface area is 138 Å². The lowest BCUT2D eigenvalue weighted by atomic mass is 10.2. The molecule has 2 aromatic rings. The van der Waals surface area contributed by atoms with E-state index in [1.807, 2.05) is 19.1 Å². The summed E-state index contributed by atoms with van der Waals surface area (Å²) in [6.45, 7) is 5.16. The van der Waals surface area contributed by atoms with Crippen LogP contribution in [0.5, 0.6) is 0 Å². The van der Waals surface area contributed by atoms with Crippen molar-refractivity contribution >= 4 is 29.5 Å². The van der Waals surface area contributed by atoms with E-state index in [4.69, 9.17) is 9.36 Å². The SMILES string of the molecule is Cc1ccc(NC(=O)/C=N/OC(C)C(=O)Nc2cc(C)on2)cc1. The van der Waals surface area contributed by atoms with Crippen LogP contribution in [0.25, 0.3) is 0 Å². The quantitative estimate of drug-likeness (QED) is 0.624. The molecule has 0 radical (unpaired) electrons. The molecule has 0 bridgehead atoms. The molecular formula is C16H18N4O4. The van der Waals surface area contributed by atoms with E-state index in [0.29, 0.717) is 11.4 Å². The smallest absolute Gasteiger partial charge is 0.270 e. The topological polar surface area (TPSA) is 106 Å². The number of nitrogens with one attached hydrogen (secondary N) is 2. The van der Waals surface area contributed by atoms with Crippen molar-refractivity contribution < 1.29 is 18.9 Å². The Hall–Kier alpha value is -3.16. The molecule has 2 amide bonds. The molecule has 2 N–H and O–H groups in total. The van der Waals surface area contributed by atoms with Crippen LogP contribution in [-0.2, 0) is 14.4 Å². The Bertz CT molecular complexity index is 737. The molecular weight excluding hydrogens is 312 g/mol. The van der Waals surface area contributed by atoms with E-state index in [0.717, 1.165) is 11.8 Å². The summed E-state index contributed by atoms with van der Waals surface area (Å²) in [6.07, 6.45) is 0.0644. The lowest BCUT2D eigenvalue weighted by molar-refractivity contribution is -0.126. The van der Waals surface area contributed by atoms with Crippen LogP contribution in [-0.4, -0.2) is 29.3 Å². The van der Waals surface area contributed by atoms with Crippen molar-refractivity contribution in [3.8, 4) is 0 Å². The second kappa shape index (κ2) is 7.91. The van der Waals surface area contributed by atoms with Gasteiger partial charge in [-0.2, -0.15) is 0 Å². The standard InChI is InChI=1S/C16H18N4O4/c1-10-4-6-13(7-5-10)18-15(21)9-17-24-12(3)16(22)19-14-8-11(2)23-20-14/h4-9,12H,1-3H3,(H,18,21)(H,19,20,22)/b17-9+. The van der Waals surface area contributed by atoms with Crippen molar-refractivity contribution in [3.05, 3.63) is 41.7 Å². The van der Waals surface area contributed by atoms with Gasteiger partial charge in [0.2, 0.25) is 6.10 Å². The van der Waals surface area contributed by atoms with Gasteiger partial charge in [-0.1, -0.05) is 28.0 Å². The number of anilines is 2. The lowest BCUT2D eigenvalue weighted by Gasteiger charge is -2.08. The number of hydrogen-bond donors (Lipinski definition) is 2. The fourth-order valence-corrected chi connectivity index (χ4v) is 1.68. The van der Waals surface area contributed by atoms with Crippen molar-refractivity contribution in [1.82, 2.24) is 5.16 Å². The number of carbonyl (C=O) groups excluding carboxylic acids is 2. The van der Waals surface area contributed by atoms with Crippen LogP contribution in [0.3, 0.4) is 0 Å². The van der Waals surface area contributed by atoms with E-state index in [2.05, 4.69) is 20.9 Å². The molecule has 0 fully saturated rings. The van der Waals surface area contributed by atoms with Crippen LogP contribution in [0.2, 0.25) is 0 Å². The van der Waals surface area contributed by atoms with E-state index in [-0.39, 0.29) is 5.82 Å². The molecule has 0 spiro atoms. The summed E-state index contributed by atoms with van der Waals surface area (Å²) in [5, 5.41) is 12.3. The van der Waals surface area contributed by atoms with E-state index < -0.39 is 17.9 Å². The number of amides is 2. The van der Waals surface area contributed by atoms with Gasteiger partial charge in [0, 0.05) is 11.8 Å². The molecule has 0 aliphatic heterocycles. The molecule has 1 aromatic heterocycles. The minimum absolute atomic E-state index is 0.286. The van der Waals surface area contributed by atoms with Crippen molar-refractivity contribution in [1.29, 1.82) is 0 Å². The Balaban J connectivity index is 1.78. The molecule has 24 heavy (non-hydrogen) atoms. The Kier molecular flexibility index (Phi) is 5.67. The van der Waals surface area contributed by atoms with Gasteiger partial charge in [0.15, 0.2) is 5.82 Å². The second-order valence-electron chi connectivity index (χ2n) is 5.15. The van der Waals surface area contributed by atoms with Crippen molar-refractivity contribution in [2.45, 2.75) is 26.9 Å². The predicted octanol–water partition coefficient (Wildman–Crippen LogP) is 2.26. The van der Waals surface area contributed by atoms with Crippen LogP contribution in [0, 0.1) is 13.8 Å². The molecule has 0 aliphatic rings. The van der Waals surface area contributed by atoms with E-state index >= 15 is 0 Å². The molecule has 126 valence electrons. The normalized spacial score (nSPS) is 12.0. The van der Waals surface area contributed by atoms with Crippen molar-refractivity contribution in [2.24, 2.45) is 5.16 Å². The van der Waals surface area contributed by atoms with E-state index in [1.54, 1.807) is 25.1 Å². The summed E-state index contributed by atoms with van der Waals surface area (Å²) < 4.78 is 4.83. The number of nitrogens with zero attached hydrogens (tertiary/aromatic N) is 2. The van der Waals surface area contributed by atoms with Gasteiger partial charge >= 0.3 is 0 Å². The van der Waals surface area contributed by atoms with Crippen LogP contribution in [0.4, 0.5) is 11.5 Å². The van der Waals surface area contributed by atoms with Crippen LogP contribution >= 0.6 is 0 Å². The maximum absolute atomic E-state index is 11.8. The monoisotopic (exact) mass is 330 g/mol. The van der Waals surface area contributed by atoms with E-state index in [1.165, 1.54) is 6.92 Å². The summed E-state index contributed by atoms with van der Waals surface area (Å²) >= 11 is 0. The maximum atomic E-state index is 11.8. The Morgan fingerprint density at radius 3 is 2.58 bits per heavy atom. The van der Waals surface area contributed by atoms with Crippen LogP contribution in [0.15, 0.2) is 40.0 Å². The number of hydrogen-bond acceptors (Lipinski definition) is 6. The molecule has 0 aliphatic carbocycles. The maximum Gasteiger partial charge on any atom is 0.270 e. The highest BCUT2D eigenvalue weighted by Gasteiger charge is 2.16. The highest BCUT2D eigenvalue weighted by atomic mass is 16.6. The predicted molar refractivity (Wildman–Crippen MR) is 88.7 cm³/mol. The first-order valence-electron chi connectivity index (χ1n) is 7.25. The van der Waals surface area contributed by atoms with Gasteiger partial charge in [-0.05, 0) is 32.9 Å². The van der Waals surface area contributed by atoms with E-state index in [9.17, 15) is 9.59 Å². The largest absolute Gasteiger partial charge is 0.383 e. The minimum atomic E-state index is -0.898. The Morgan fingerprint density at radius 2 is 1.96 bits per heavy atom. The molecule has 0 saturated carbocycles. The zero-order chi connectivity index (χ0) is 17.5. The number of aromatic nitrogens is 1. The van der Waals surface area contributed by atoms with Gasteiger partial charge in [-0.15, -0.1) is 0 Å². The second-order valence-corrected chi connectivity index (χ2v) is 5.15. The molecule has 0 saturated heterocycles. The fraction of sp³-hybridized carbons (Fsp3) is 0.250. The van der Waals surface area contributed by atoms with Gasteiger partial charge < -0.3 is 20.0 Å². The number of benzene rings is 1. The Morgan fingerprint density at radius 1 is 1.25 bits per heavy atom. The molecule has 8 heteroatoms. The summed E-state index contributed by atoms with van der Waals surface area (Å²) in [4.78, 5) is 28.5. The molecule has 1 atom stereocenters. The molecule has 1 unspecified atom stereocenters. The summed E-state index contributed by atoms with van der Waals surface area (Å²) in [6, 6.07) is 8.88. The van der Waals surface area contributed by atoms with Gasteiger partial charge in [0.1, 0.15) is 12.0 Å². The van der Waals surface area contributed by atoms with Crippen molar-refractivity contribution in [2.75, 3.05) is 10.6 Å². The summed E-state index contributed by atoms with van der Waals surface area (Å²) in [7, 11) is 0. The number of carbonyl (C=O) groups is 2. The first-order valence-corrected chi connectivity index (χ1v) is 7.25. The molecule has 2 rings (SSSR count). The zero-order valence-electron chi connectivity index (χ0n) is 13.6. The van der Waals surface area contributed by atoms with Crippen LogP contribution in [0.1, 0.15) is 18.2 Å². The van der Waals surface area contributed by atoms with Crippen molar-refractivity contribution in [3.63, 3.8) is 0 Å². The number of aryl methyl sites for hydroxylation is 2. The summed E-state index contributed by atoms with van der Waals surface area (Å²) in [5.74, 6) is -0.0586. The lowest BCUT2D eigenvalue weighted by Crippen LogP contribution is -2.26. The van der Waals surface area contributed by atoms with Gasteiger partial charge in [-0.25, -0.2) is 0 Å². The molecule has 8 nitrogen and oxygen atoms in total. The molecule has 1 heterocycles. The third-order valence-electron chi connectivity index (χ3n) is 2.96. The zero-order valence-corrected chi connectivity index (χ0v) is 13.6. The third-order valence-corrected chi connectivity index (χ3v) is 2.96.